The van der Waals surface area contributed by atoms with E-state index in [2.05, 4.69) is 4.98 Å². The van der Waals surface area contributed by atoms with Gasteiger partial charge in [0.05, 0.1) is 24.7 Å². The summed E-state index contributed by atoms with van der Waals surface area (Å²) < 4.78 is 5.65. The predicted octanol–water partition coefficient (Wildman–Crippen LogP) is 1.73. The zero-order chi connectivity index (χ0) is 16.2. The maximum Gasteiger partial charge on any atom is 0.254 e. The molecule has 2 aromatic rings. The van der Waals surface area contributed by atoms with E-state index in [9.17, 15) is 4.79 Å². The van der Waals surface area contributed by atoms with Gasteiger partial charge in [-0.1, -0.05) is 6.07 Å². The van der Waals surface area contributed by atoms with Gasteiger partial charge < -0.3 is 9.64 Å². The number of carbonyl (C=O) groups is 1. The van der Waals surface area contributed by atoms with Crippen LogP contribution >= 0.6 is 0 Å². The molecule has 0 spiro atoms. The number of aromatic nitrogens is 1. The molecule has 0 radical (unpaired) electrons. The SMILES string of the molecule is N#Cc1cccc(C(=O)N2CC(Oc3ncccc3C#N)C2)c1. The number of nitrogens with zero attached hydrogens (tertiary/aromatic N) is 4. The lowest BCUT2D eigenvalue weighted by atomic mass is 10.1. The molecular weight excluding hydrogens is 292 g/mol. The van der Waals surface area contributed by atoms with E-state index in [1.807, 2.05) is 12.1 Å². The van der Waals surface area contributed by atoms with Gasteiger partial charge in [-0.25, -0.2) is 4.98 Å². The summed E-state index contributed by atoms with van der Waals surface area (Å²) in [6.07, 6.45) is 1.38. The van der Waals surface area contributed by atoms with Crippen LogP contribution in [0, 0.1) is 22.7 Å². The minimum atomic E-state index is -0.180. The quantitative estimate of drug-likeness (QED) is 0.861. The summed E-state index contributed by atoms with van der Waals surface area (Å²) >= 11 is 0. The number of hydrogen-bond acceptors (Lipinski definition) is 5. The summed E-state index contributed by atoms with van der Waals surface area (Å²) in [5.74, 6) is 0.155. The largest absolute Gasteiger partial charge is 0.470 e. The van der Waals surface area contributed by atoms with E-state index in [1.54, 1.807) is 47.5 Å². The standard InChI is InChI=1S/C17H12N4O2/c18-8-12-3-1-4-13(7-12)17(22)21-10-15(11-21)23-16-14(9-19)5-2-6-20-16/h1-7,15H,10-11H2. The van der Waals surface area contributed by atoms with Crippen LogP contribution in [0.15, 0.2) is 42.6 Å². The zero-order valence-electron chi connectivity index (χ0n) is 12.1. The Hall–Kier alpha value is -3.38. The summed E-state index contributed by atoms with van der Waals surface area (Å²) in [6, 6.07) is 13.9. The first-order valence-electron chi connectivity index (χ1n) is 7.02. The van der Waals surface area contributed by atoms with Gasteiger partial charge in [-0.15, -0.1) is 0 Å². The number of likely N-dealkylation sites (tertiary alicyclic amines) is 1. The summed E-state index contributed by atoms with van der Waals surface area (Å²) in [4.78, 5) is 18.0. The minimum Gasteiger partial charge on any atom is -0.470 e. The van der Waals surface area contributed by atoms with Crippen LogP contribution in [0.5, 0.6) is 5.88 Å². The van der Waals surface area contributed by atoms with Crippen LogP contribution < -0.4 is 4.74 Å². The fourth-order valence-corrected chi connectivity index (χ4v) is 2.31. The maximum absolute atomic E-state index is 12.3. The lowest BCUT2D eigenvalue weighted by Crippen LogP contribution is -2.56. The summed E-state index contributed by atoms with van der Waals surface area (Å²) in [7, 11) is 0. The third-order valence-electron chi connectivity index (χ3n) is 3.54. The molecule has 2 heterocycles. The van der Waals surface area contributed by atoms with Crippen molar-refractivity contribution in [3.8, 4) is 18.0 Å². The van der Waals surface area contributed by atoms with Gasteiger partial charge in [0.25, 0.3) is 5.91 Å². The van der Waals surface area contributed by atoms with Gasteiger partial charge in [-0.2, -0.15) is 10.5 Å². The van der Waals surface area contributed by atoms with Crippen molar-refractivity contribution in [1.82, 2.24) is 9.88 Å². The molecule has 0 bridgehead atoms. The highest BCUT2D eigenvalue weighted by molar-refractivity contribution is 5.95. The molecule has 1 saturated heterocycles. The second kappa shape index (κ2) is 6.17. The first-order valence-corrected chi connectivity index (χ1v) is 7.02. The molecule has 0 atom stereocenters. The average Bonchev–Trinajstić information content (AvgIpc) is 2.57. The molecule has 0 saturated carbocycles. The smallest absolute Gasteiger partial charge is 0.254 e. The van der Waals surface area contributed by atoms with Crippen LogP contribution in [0.4, 0.5) is 0 Å². The molecule has 0 N–H and O–H groups in total. The predicted molar refractivity (Wildman–Crippen MR) is 80.4 cm³/mol. The molecule has 6 nitrogen and oxygen atoms in total. The monoisotopic (exact) mass is 304 g/mol. The molecule has 112 valence electrons. The van der Waals surface area contributed by atoms with Crippen molar-refractivity contribution in [2.75, 3.05) is 13.1 Å². The lowest BCUT2D eigenvalue weighted by Gasteiger charge is -2.38. The first-order chi connectivity index (χ1) is 11.2. The van der Waals surface area contributed by atoms with E-state index >= 15 is 0 Å². The van der Waals surface area contributed by atoms with Gasteiger partial charge in [0.15, 0.2) is 0 Å². The second-order valence-corrected chi connectivity index (χ2v) is 5.11. The first kappa shape index (κ1) is 14.6. The minimum absolute atomic E-state index is 0.136. The topological polar surface area (TPSA) is 90.0 Å². The molecule has 1 aromatic heterocycles. The lowest BCUT2D eigenvalue weighted by molar-refractivity contribution is 0.0159. The third kappa shape index (κ3) is 2.97. The fraction of sp³-hybridized carbons (Fsp3) is 0.176. The molecule has 6 heteroatoms. The third-order valence-corrected chi connectivity index (χ3v) is 3.54. The Balaban J connectivity index is 1.62. The van der Waals surface area contributed by atoms with Gasteiger partial charge in [0, 0.05) is 11.8 Å². The van der Waals surface area contributed by atoms with Crippen LogP contribution in [0.1, 0.15) is 21.5 Å². The van der Waals surface area contributed by atoms with Crippen molar-refractivity contribution in [3.05, 3.63) is 59.3 Å². The number of pyridine rings is 1. The molecule has 1 aliphatic rings. The van der Waals surface area contributed by atoms with Gasteiger partial charge in [-0.3, -0.25) is 4.79 Å². The van der Waals surface area contributed by atoms with E-state index in [0.29, 0.717) is 35.7 Å². The Bertz CT molecular complexity index is 829. The zero-order valence-corrected chi connectivity index (χ0v) is 12.1. The van der Waals surface area contributed by atoms with Crippen molar-refractivity contribution < 1.29 is 9.53 Å². The highest BCUT2D eigenvalue weighted by atomic mass is 16.5. The number of ether oxygens (including phenoxy) is 1. The van der Waals surface area contributed by atoms with Gasteiger partial charge in [0.1, 0.15) is 17.7 Å². The molecule has 0 unspecified atom stereocenters. The molecule has 1 amide bonds. The second-order valence-electron chi connectivity index (χ2n) is 5.11. The molecule has 0 aliphatic carbocycles. The van der Waals surface area contributed by atoms with Crippen LogP contribution in [-0.2, 0) is 0 Å². The number of nitriles is 2. The van der Waals surface area contributed by atoms with Gasteiger partial charge >= 0.3 is 0 Å². The number of carbonyl (C=O) groups excluding carboxylic acids is 1. The fourth-order valence-electron chi connectivity index (χ4n) is 2.31. The Morgan fingerprint density at radius 1 is 1.22 bits per heavy atom. The van der Waals surface area contributed by atoms with Gasteiger partial charge in [-0.05, 0) is 30.3 Å². The Morgan fingerprint density at radius 2 is 2.04 bits per heavy atom. The maximum atomic E-state index is 12.3. The average molecular weight is 304 g/mol. The van der Waals surface area contributed by atoms with E-state index in [-0.39, 0.29) is 12.0 Å². The normalized spacial score (nSPS) is 13.6. The van der Waals surface area contributed by atoms with Crippen molar-refractivity contribution >= 4 is 5.91 Å². The number of amides is 1. The van der Waals surface area contributed by atoms with Crippen LogP contribution in [0.25, 0.3) is 0 Å². The molecule has 1 aliphatic heterocycles. The Kier molecular flexibility index (Phi) is 3.90. The highest BCUT2D eigenvalue weighted by Crippen LogP contribution is 2.21. The molecule has 1 aromatic carbocycles. The Labute approximate surface area is 133 Å². The van der Waals surface area contributed by atoms with Crippen LogP contribution in [-0.4, -0.2) is 35.0 Å². The molecule has 3 rings (SSSR count). The Morgan fingerprint density at radius 3 is 2.78 bits per heavy atom. The van der Waals surface area contributed by atoms with E-state index in [0.717, 1.165) is 0 Å². The molecule has 1 fully saturated rings. The summed E-state index contributed by atoms with van der Waals surface area (Å²) in [5, 5.41) is 17.9. The van der Waals surface area contributed by atoms with Crippen molar-refractivity contribution in [2.24, 2.45) is 0 Å². The van der Waals surface area contributed by atoms with Crippen molar-refractivity contribution in [2.45, 2.75) is 6.10 Å². The van der Waals surface area contributed by atoms with E-state index in [4.69, 9.17) is 15.3 Å². The van der Waals surface area contributed by atoms with E-state index < -0.39 is 0 Å². The van der Waals surface area contributed by atoms with Crippen LogP contribution in [0.2, 0.25) is 0 Å². The van der Waals surface area contributed by atoms with Crippen molar-refractivity contribution in [3.63, 3.8) is 0 Å². The van der Waals surface area contributed by atoms with E-state index in [1.165, 1.54) is 0 Å². The summed E-state index contributed by atoms with van der Waals surface area (Å²) in [6.45, 7) is 0.855. The number of benzene rings is 1. The molecular formula is C17H12N4O2. The number of hydrogen-bond donors (Lipinski definition) is 0. The molecule has 23 heavy (non-hydrogen) atoms. The van der Waals surface area contributed by atoms with Crippen molar-refractivity contribution in [1.29, 1.82) is 10.5 Å². The van der Waals surface area contributed by atoms with Crippen LogP contribution in [0.3, 0.4) is 0 Å². The number of rotatable bonds is 3. The highest BCUT2D eigenvalue weighted by Gasteiger charge is 2.33. The van der Waals surface area contributed by atoms with Gasteiger partial charge in [0.2, 0.25) is 5.88 Å². The summed E-state index contributed by atoms with van der Waals surface area (Å²) in [5.41, 5.74) is 1.31.